The minimum absolute atomic E-state index is 0.151. The van der Waals surface area contributed by atoms with Crippen molar-refractivity contribution in [2.45, 2.75) is 45.6 Å². The number of anilines is 2. The minimum atomic E-state index is 0.151. The highest BCUT2D eigenvalue weighted by Gasteiger charge is 2.28. The summed E-state index contributed by atoms with van der Waals surface area (Å²) >= 11 is 0. The molecule has 2 rings (SSSR count). The van der Waals surface area contributed by atoms with Crippen LogP contribution < -0.4 is 16.6 Å². The Hall–Kier alpha value is -1.40. The molecule has 1 aromatic rings. The van der Waals surface area contributed by atoms with Crippen LogP contribution in [0.15, 0.2) is 0 Å². The molecule has 1 aromatic heterocycles. The number of rotatable bonds is 7. The Labute approximate surface area is 114 Å². The van der Waals surface area contributed by atoms with Crippen molar-refractivity contribution in [3.05, 3.63) is 11.4 Å². The van der Waals surface area contributed by atoms with Gasteiger partial charge in [0.15, 0.2) is 0 Å². The van der Waals surface area contributed by atoms with Crippen molar-refractivity contribution >= 4 is 11.6 Å². The van der Waals surface area contributed by atoms with E-state index in [1.165, 1.54) is 12.8 Å². The van der Waals surface area contributed by atoms with Crippen LogP contribution >= 0.6 is 0 Å². The number of ether oxygens (including phenoxy) is 1. The predicted molar refractivity (Wildman–Crippen MR) is 76.1 cm³/mol. The van der Waals surface area contributed by atoms with Gasteiger partial charge in [0.25, 0.3) is 0 Å². The molecular weight excluding hydrogens is 242 g/mol. The Morgan fingerprint density at radius 2 is 2.05 bits per heavy atom. The highest BCUT2D eigenvalue weighted by Crippen LogP contribution is 2.39. The van der Waals surface area contributed by atoms with Gasteiger partial charge in [-0.2, -0.15) is 0 Å². The predicted octanol–water partition coefficient (Wildman–Crippen LogP) is 1.78. The lowest BCUT2D eigenvalue weighted by atomic mass is 10.2. The van der Waals surface area contributed by atoms with Crippen molar-refractivity contribution in [2.24, 2.45) is 5.84 Å². The summed E-state index contributed by atoms with van der Waals surface area (Å²) in [5, 5.41) is 3.32. The lowest BCUT2D eigenvalue weighted by molar-refractivity contribution is 0.0854. The number of nitrogens with two attached hydrogens (primary N) is 1. The second kappa shape index (κ2) is 6.16. The lowest BCUT2D eigenvalue weighted by Crippen LogP contribution is -2.22. The van der Waals surface area contributed by atoms with E-state index in [1.807, 2.05) is 20.8 Å². The third-order valence-electron chi connectivity index (χ3n) is 3.25. The molecule has 0 aromatic carbocycles. The molecule has 106 valence electrons. The number of hydrazine groups is 1. The van der Waals surface area contributed by atoms with Crippen LogP contribution in [-0.2, 0) is 4.74 Å². The van der Waals surface area contributed by atoms with Crippen molar-refractivity contribution < 1.29 is 4.74 Å². The summed E-state index contributed by atoms with van der Waals surface area (Å²) in [5.41, 5.74) is 3.59. The van der Waals surface area contributed by atoms with Gasteiger partial charge in [-0.15, -0.1) is 0 Å². The van der Waals surface area contributed by atoms with Gasteiger partial charge in [-0.05, 0) is 33.6 Å². The van der Waals surface area contributed by atoms with E-state index in [0.717, 1.165) is 23.8 Å². The highest BCUT2D eigenvalue weighted by atomic mass is 16.5. The summed E-state index contributed by atoms with van der Waals surface area (Å²) in [6.45, 7) is 7.43. The van der Waals surface area contributed by atoms with E-state index < -0.39 is 0 Å². The van der Waals surface area contributed by atoms with Gasteiger partial charge in [0.05, 0.1) is 6.10 Å². The molecule has 1 atom stereocenters. The normalized spacial score (nSPS) is 16.2. The molecule has 0 aliphatic heterocycles. The highest BCUT2D eigenvalue weighted by molar-refractivity contribution is 5.57. The fraction of sp³-hybridized carbons (Fsp3) is 0.692. The largest absolute Gasteiger partial charge is 0.377 e. The standard InChI is InChI=1S/C13H23N5O/c1-4-19-8(2)7-15-11-9(3)12(18-14)17-13(16-11)10-5-6-10/h8,10H,4-7,14H2,1-3H3,(H2,15,16,17,18). The van der Waals surface area contributed by atoms with E-state index in [9.17, 15) is 0 Å². The molecule has 0 amide bonds. The number of hydrogen-bond donors (Lipinski definition) is 3. The second-order valence-electron chi connectivity index (χ2n) is 4.97. The van der Waals surface area contributed by atoms with Crippen molar-refractivity contribution in [1.29, 1.82) is 0 Å². The quantitative estimate of drug-likeness (QED) is 0.515. The van der Waals surface area contributed by atoms with Crippen LogP contribution in [0, 0.1) is 6.92 Å². The van der Waals surface area contributed by atoms with Crippen LogP contribution in [0.5, 0.6) is 0 Å². The topological polar surface area (TPSA) is 85.1 Å². The maximum atomic E-state index is 5.52. The number of nitrogen functional groups attached to an aromatic ring is 1. The number of nitrogens with one attached hydrogen (secondary N) is 2. The lowest BCUT2D eigenvalue weighted by Gasteiger charge is -2.16. The first-order valence-corrected chi connectivity index (χ1v) is 6.86. The summed E-state index contributed by atoms with van der Waals surface area (Å²) < 4.78 is 5.50. The van der Waals surface area contributed by atoms with E-state index in [2.05, 4.69) is 20.7 Å². The first-order valence-electron chi connectivity index (χ1n) is 6.86. The molecule has 0 spiro atoms. The number of hydrogen-bond acceptors (Lipinski definition) is 6. The van der Waals surface area contributed by atoms with Gasteiger partial charge >= 0.3 is 0 Å². The first kappa shape index (κ1) is 14.0. The van der Waals surface area contributed by atoms with Crippen LogP contribution in [0.1, 0.15) is 44.0 Å². The molecule has 1 saturated carbocycles. The van der Waals surface area contributed by atoms with E-state index in [0.29, 0.717) is 18.3 Å². The number of nitrogens with zero attached hydrogens (tertiary/aromatic N) is 2. The van der Waals surface area contributed by atoms with E-state index in [4.69, 9.17) is 10.6 Å². The van der Waals surface area contributed by atoms with Crippen LogP contribution in [0.3, 0.4) is 0 Å². The Balaban J connectivity index is 2.11. The number of aromatic nitrogens is 2. The van der Waals surface area contributed by atoms with Crippen molar-refractivity contribution in [1.82, 2.24) is 9.97 Å². The molecule has 0 bridgehead atoms. The van der Waals surface area contributed by atoms with Crippen molar-refractivity contribution in [2.75, 3.05) is 23.9 Å². The molecule has 4 N–H and O–H groups in total. The Kier molecular flexibility index (Phi) is 4.55. The van der Waals surface area contributed by atoms with E-state index in [1.54, 1.807) is 0 Å². The second-order valence-corrected chi connectivity index (χ2v) is 4.97. The molecule has 1 aliphatic rings. The maximum Gasteiger partial charge on any atom is 0.148 e. The SMILES string of the molecule is CCOC(C)CNc1nc(C2CC2)nc(NN)c1C. The van der Waals surface area contributed by atoms with Gasteiger partial charge in [-0.3, -0.25) is 0 Å². The van der Waals surface area contributed by atoms with Crippen LogP contribution in [0.2, 0.25) is 0 Å². The Bertz CT molecular complexity index is 433. The third-order valence-corrected chi connectivity index (χ3v) is 3.25. The smallest absolute Gasteiger partial charge is 0.148 e. The fourth-order valence-corrected chi connectivity index (χ4v) is 1.95. The monoisotopic (exact) mass is 265 g/mol. The van der Waals surface area contributed by atoms with Crippen molar-refractivity contribution in [3.63, 3.8) is 0 Å². The average Bonchev–Trinajstić information content (AvgIpc) is 3.22. The van der Waals surface area contributed by atoms with Gasteiger partial charge < -0.3 is 15.5 Å². The fourth-order valence-electron chi connectivity index (χ4n) is 1.95. The van der Waals surface area contributed by atoms with Crippen LogP contribution in [-0.4, -0.2) is 29.2 Å². The summed E-state index contributed by atoms with van der Waals surface area (Å²) in [4.78, 5) is 9.06. The molecule has 6 heteroatoms. The van der Waals surface area contributed by atoms with E-state index in [-0.39, 0.29) is 6.10 Å². The van der Waals surface area contributed by atoms with Gasteiger partial charge in [0, 0.05) is 24.6 Å². The zero-order chi connectivity index (χ0) is 13.8. The third kappa shape index (κ3) is 3.54. The zero-order valence-corrected chi connectivity index (χ0v) is 11.9. The zero-order valence-electron chi connectivity index (χ0n) is 11.9. The average molecular weight is 265 g/mol. The molecule has 1 heterocycles. The summed E-state index contributed by atoms with van der Waals surface area (Å²) in [7, 11) is 0. The molecule has 1 aliphatic carbocycles. The van der Waals surface area contributed by atoms with E-state index >= 15 is 0 Å². The summed E-state index contributed by atoms with van der Waals surface area (Å²) in [6.07, 6.45) is 2.49. The van der Waals surface area contributed by atoms with Gasteiger partial charge in [0.2, 0.25) is 0 Å². The summed E-state index contributed by atoms with van der Waals surface area (Å²) in [5.74, 6) is 8.44. The minimum Gasteiger partial charge on any atom is -0.377 e. The van der Waals surface area contributed by atoms with Crippen molar-refractivity contribution in [3.8, 4) is 0 Å². The molecule has 1 fully saturated rings. The molecule has 0 saturated heterocycles. The first-order chi connectivity index (χ1) is 9.15. The van der Waals surface area contributed by atoms with Crippen LogP contribution in [0.4, 0.5) is 11.6 Å². The van der Waals surface area contributed by atoms with Crippen LogP contribution in [0.25, 0.3) is 0 Å². The Morgan fingerprint density at radius 3 is 2.63 bits per heavy atom. The molecule has 6 nitrogen and oxygen atoms in total. The molecular formula is C13H23N5O. The molecule has 0 radical (unpaired) electrons. The molecule has 1 unspecified atom stereocenters. The van der Waals surface area contributed by atoms with Gasteiger partial charge in [-0.1, -0.05) is 0 Å². The van der Waals surface area contributed by atoms with Gasteiger partial charge in [-0.25, -0.2) is 15.8 Å². The maximum absolute atomic E-state index is 5.52. The summed E-state index contributed by atoms with van der Waals surface area (Å²) in [6, 6.07) is 0. The van der Waals surface area contributed by atoms with Gasteiger partial charge in [0.1, 0.15) is 17.5 Å². The molecule has 19 heavy (non-hydrogen) atoms. The Morgan fingerprint density at radius 1 is 1.37 bits per heavy atom.